The molecule has 24 heavy (non-hydrogen) atoms. The molecule has 0 amide bonds. The molecule has 2 rings (SSSR count). The van der Waals surface area contributed by atoms with E-state index in [-0.39, 0.29) is 0 Å². The normalized spacial score (nSPS) is 11.9. The zero-order valence-electron chi connectivity index (χ0n) is 15.1. The number of aromatic nitrogens is 1. The van der Waals surface area contributed by atoms with E-state index in [2.05, 4.69) is 58.9 Å². The van der Waals surface area contributed by atoms with Crippen LogP contribution >= 0.6 is 0 Å². The van der Waals surface area contributed by atoms with Crippen LogP contribution in [0.2, 0.25) is 0 Å². The monoisotopic (exact) mass is 330 g/mol. The lowest BCUT2D eigenvalue weighted by Crippen LogP contribution is -2.38. The van der Waals surface area contributed by atoms with E-state index >= 15 is 0 Å². The van der Waals surface area contributed by atoms with Crippen LogP contribution in [0.5, 0.6) is 0 Å². The van der Waals surface area contributed by atoms with Gasteiger partial charge in [-0.15, -0.1) is 0 Å². The van der Waals surface area contributed by atoms with Gasteiger partial charge in [-0.05, 0) is 50.8 Å². The van der Waals surface area contributed by atoms with Gasteiger partial charge >= 0.3 is 0 Å². The molecule has 0 bridgehead atoms. The van der Waals surface area contributed by atoms with E-state index in [9.17, 15) is 0 Å². The van der Waals surface area contributed by atoms with Crippen molar-refractivity contribution in [3.8, 4) is 0 Å². The first-order valence-corrected chi connectivity index (χ1v) is 8.91. The Labute approximate surface area is 144 Å². The SMILES string of the molecule is CCNC(=NCCCOCC)NCCc1c[nH]c2cc(C)ccc12. The summed E-state index contributed by atoms with van der Waals surface area (Å²) in [6.45, 7) is 10.3. The quantitative estimate of drug-likeness (QED) is 0.376. The predicted octanol–water partition coefficient (Wildman–Crippen LogP) is 3.00. The van der Waals surface area contributed by atoms with Crippen LogP contribution in [0.1, 0.15) is 31.4 Å². The molecule has 3 N–H and O–H groups in total. The van der Waals surface area contributed by atoms with E-state index < -0.39 is 0 Å². The Kier molecular flexibility index (Phi) is 7.62. The smallest absolute Gasteiger partial charge is 0.191 e. The van der Waals surface area contributed by atoms with Gasteiger partial charge < -0.3 is 20.4 Å². The van der Waals surface area contributed by atoms with Gasteiger partial charge in [-0.1, -0.05) is 12.1 Å². The minimum Gasteiger partial charge on any atom is -0.382 e. The van der Waals surface area contributed by atoms with Crippen LogP contribution in [0.4, 0.5) is 0 Å². The van der Waals surface area contributed by atoms with Crippen molar-refractivity contribution in [3.05, 3.63) is 35.5 Å². The summed E-state index contributed by atoms with van der Waals surface area (Å²) in [6, 6.07) is 6.55. The highest BCUT2D eigenvalue weighted by Gasteiger charge is 2.04. The third-order valence-electron chi connectivity index (χ3n) is 3.87. The lowest BCUT2D eigenvalue weighted by Gasteiger charge is -2.11. The summed E-state index contributed by atoms with van der Waals surface area (Å²) in [5.74, 6) is 0.879. The van der Waals surface area contributed by atoms with Gasteiger partial charge in [0.05, 0.1) is 0 Å². The van der Waals surface area contributed by atoms with Crippen molar-refractivity contribution in [1.82, 2.24) is 15.6 Å². The van der Waals surface area contributed by atoms with Crippen LogP contribution in [-0.4, -0.2) is 43.8 Å². The first-order chi connectivity index (χ1) is 11.7. The van der Waals surface area contributed by atoms with E-state index in [1.165, 1.54) is 22.0 Å². The van der Waals surface area contributed by atoms with Crippen LogP contribution in [0.25, 0.3) is 10.9 Å². The fourth-order valence-corrected chi connectivity index (χ4v) is 2.67. The van der Waals surface area contributed by atoms with Crippen molar-refractivity contribution in [2.75, 3.05) is 32.8 Å². The van der Waals surface area contributed by atoms with Crippen molar-refractivity contribution in [2.45, 2.75) is 33.6 Å². The van der Waals surface area contributed by atoms with Gasteiger partial charge in [0.25, 0.3) is 0 Å². The molecule has 1 aromatic heterocycles. The molecule has 0 unspecified atom stereocenters. The van der Waals surface area contributed by atoms with Crippen LogP contribution in [0.15, 0.2) is 29.4 Å². The van der Waals surface area contributed by atoms with Gasteiger partial charge in [0.2, 0.25) is 0 Å². The zero-order chi connectivity index (χ0) is 17.2. The molecule has 0 saturated heterocycles. The number of ether oxygens (including phenoxy) is 1. The zero-order valence-corrected chi connectivity index (χ0v) is 15.1. The molecule has 0 aliphatic carbocycles. The number of hydrogen-bond acceptors (Lipinski definition) is 2. The van der Waals surface area contributed by atoms with Gasteiger partial charge in [-0.25, -0.2) is 0 Å². The third kappa shape index (κ3) is 5.57. The minimum absolute atomic E-state index is 0.770. The number of benzene rings is 1. The Bertz CT molecular complexity index is 648. The highest BCUT2D eigenvalue weighted by molar-refractivity contribution is 5.84. The van der Waals surface area contributed by atoms with Gasteiger partial charge in [0.1, 0.15) is 0 Å². The highest BCUT2D eigenvalue weighted by Crippen LogP contribution is 2.19. The number of fused-ring (bicyclic) bond motifs is 1. The van der Waals surface area contributed by atoms with Crippen molar-refractivity contribution in [2.24, 2.45) is 4.99 Å². The van der Waals surface area contributed by atoms with E-state index in [1.807, 2.05) is 6.92 Å². The van der Waals surface area contributed by atoms with Gasteiger partial charge in [-0.2, -0.15) is 0 Å². The molecular formula is C19H30N4O. The molecule has 0 fully saturated rings. The van der Waals surface area contributed by atoms with E-state index in [0.29, 0.717) is 0 Å². The summed E-state index contributed by atoms with van der Waals surface area (Å²) < 4.78 is 5.34. The summed E-state index contributed by atoms with van der Waals surface area (Å²) in [4.78, 5) is 7.94. The first-order valence-electron chi connectivity index (χ1n) is 8.91. The van der Waals surface area contributed by atoms with E-state index in [0.717, 1.165) is 51.6 Å². The Morgan fingerprint density at radius 2 is 2.12 bits per heavy atom. The molecule has 0 aliphatic rings. The number of guanidine groups is 1. The summed E-state index contributed by atoms with van der Waals surface area (Å²) in [5.41, 5.74) is 3.83. The molecule has 0 aliphatic heterocycles. The van der Waals surface area contributed by atoms with Crippen molar-refractivity contribution < 1.29 is 4.74 Å². The summed E-state index contributed by atoms with van der Waals surface area (Å²) in [7, 11) is 0. The number of aryl methyl sites for hydroxylation is 1. The van der Waals surface area contributed by atoms with Gasteiger partial charge in [-0.3, -0.25) is 4.99 Å². The minimum atomic E-state index is 0.770. The molecule has 5 heteroatoms. The second-order valence-electron chi connectivity index (χ2n) is 5.85. The number of hydrogen-bond donors (Lipinski definition) is 3. The predicted molar refractivity (Wildman–Crippen MR) is 102 cm³/mol. The maximum Gasteiger partial charge on any atom is 0.191 e. The molecule has 1 aromatic carbocycles. The molecule has 2 aromatic rings. The number of aromatic amines is 1. The van der Waals surface area contributed by atoms with E-state index in [1.54, 1.807) is 0 Å². The first kappa shape index (κ1) is 18.3. The molecule has 0 spiro atoms. The van der Waals surface area contributed by atoms with Crippen LogP contribution < -0.4 is 10.6 Å². The number of rotatable bonds is 9. The number of nitrogens with zero attached hydrogens (tertiary/aromatic N) is 1. The largest absolute Gasteiger partial charge is 0.382 e. The lowest BCUT2D eigenvalue weighted by atomic mass is 10.1. The van der Waals surface area contributed by atoms with Gasteiger partial charge in [0, 0.05) is 49.9 Å². The molecule has 1 heterocycles. The number of H-pyrrole nitrogens is 1. The lowest BCUT2D eigenvalue weighted by molar-refractivity contribution is 0.146. The topological polar surface area (TPSA) is 61.4 Å². The molecule has 5 nitrogen and oxygen atoms in total. The molecule has 132 valence electrons. The van der Waals surface area contributed by atoms with Crippen LogP contribution in [-0.2, 0) is 11.2 Å². The van der Waals surface area contributed by atoms with Crippen LogP contribution in [0, 0.1) is 6.92 Å². The number of nitrogens with one attached hydrogen (secondary N) is 3. The Hall–Kier alpha value is -2.01. The number of aliphatic imine (C=N–C) groups is 1. The maximum absolute atomic E-state index is 5.34. The van der Waals surface area contributed by atoms with Crippen LogP contribution in [0.3, 0.4) is 0 Å². The average Bonchev–Trinajstić information content (AvgIpc) is 2.96. The average molecular weight is 330 g/mol. The molecular weight excluding hydrogens is 300 g/mol. The Balaban J connectivity index is 1.83. The Morgan fingerprint density at radius 1 is 1.25 bits per heavy atom. The summed E-state index contributed by atoms with van der Waals surface area (Å²) in [5, 5.41) is 8.01. The maximum atomic E-state index is 5.34. The molecule has 0 radical (unpaired) electrons. The van der Waals surface area contributed by atoms with Crippen molar-refractivity contribution in [3.63, 3.8) is 0 Å². The van der Waals surface area contributed by atoms with Gasteiger partial charge in [0.15, 0.2) is 5.96 Å². The van der Waals surface area contributed by atoms with E-state index in [4.69, 9.17) is 4.74 Å². The van der Waals surface area contributed by atoms with Crippen molar-refractivity contribution >= 4 is 16.9 Å². The molecule has 0 atom stereocenters. The highest BCUT2D eigenvalue weighted by atomic mass is 16.5. The second kappa shape index (κ2) is 9.98. The fraction of sp³-hybridized carbons (Fsp3) is 0.526. The summed E-state index contributed by atoms with van der Waals surface area (Å²) in [6.07, 6.45) is 4.02. The third-order valence-corrected chi connectivity index (χ3v) is 3.87. The Morgan fingerprint density at radius 3 is 2.92 bits per heavy atom. The fourth-order valence-electron chi connectivity index (χ4n) is 2.67. The molecule has 0 saturated carbocycles. The summed E-state index contributed by atoms with van der Waals surface area (Å²) >= 11 is 0. The second-order valence-corrected chi connectivity index (χ2v) is 5.85. The van der Waals surface area contributed by atoms with Crippen molar-refractivity contribution in [1.29, 1.82) is 0 Å². The standard InChI is InChI=1S/C19H30N4O/c1-4-20-19(21-10-6-12-24-5-2)22-11-9-16-14-23-18-13-15(3)7-8-17(16)18/h7-8,13-14,23H,4-6,9-12H2,1-3H3,(H2,20,21,22).